The van der Waals surface area contributed by atoms with E-state index < -0.39 is 48.3 Å². The molecule has 0 amide bonds. The van der Waals surface area contributed by atoms with E-state index >= 15 is 0 Å². The number of hydrogen-bond acceptors (Lipinski definition) is 8. The Morgan fingerprint density at radius 3 is 1.18 bits per heavy atom. The van der Waals surface area contributed by atoms with Gasteiger partial charge in [0.15, 0.2) is 12.2 Å². The number of hydrogen-bond donors (Lipinski definition) is 4. The van der Waals surface area contributed by atoms with Crippen LogP contribution in [0, 0.1) is 0 Å². The zero-order valence-electron chi connectivity index (χ0n) is 12.5. The Bertz CT molecular complexity index is 363. The lowest BCUT2D eigenvalue weighted by Crippen LogP contribution is -2.40. The van der Waals surface area contributed by atoms with Crippen molar-refractivity contribution >= 4 is 23.9 Å². The highest BCUT2D eigenvalue weighted by Gasteiger charge is 2.32. The number of ether oxygens (including phenoxy) is 2. The molecule has 1 heterocycles. The van der Waals surface area contributed by atoms with Crippen LogP contribution in [0.5, 0.6) is 0 Å². The van der Waals surface area contributed by atoms with Gasteiger partial charge in [-0.05, 0) is 27.7 Å². The SMILES string of the molecule is CC(O)C(=O)O.CC(O)C(=O)O.CC1OC(=O)C(C)OC1=O. The van der Waals surface area contributed by atoms with Crippen LogP contribution in [0.1, 0.15) is 27.7 Å². The number of carboxylic acids is 2. The fraction of sp³-hybridized carbons (Fsp3) is 0.667. The molecular formula is C12H20O10. The molecule has 1 fully saturated rings. The quantitative estimate of drug-likeness (QED) is 0.451. The summed E-state index contributed by atoms with van der Waals surface area (Å²) in [7, 11) is 0. The number of carbonyl (C=O) groups is 4. The molecule has 22 heavy (non-hydrogen) atoms. The van der Waals surface area contributed by atoms with Gasteiger partial charge < -0.3 is 29.9 Å². The van der Waals surface area contributed by atoms with Gasteiger partial charge in [0.1, 0.15) is 12.2 Å². The fourth-order valence-corrected chi connectivity index (χ4v) is 0.636. The van der Waals surface area contributed by atoms with Crippen molar-refractivity contribution in [3.05, 3.63) is 0 Å². The van der Waals surface area contributed by atoms with Gasteiger partial charge in [-0.15, -0.1) is 0 Å². The molecule has 1 rings (SSSR count). The molecule has 0 radical (unpaired) electrons. The predicted molar refractivity (Wildman–Crippen MR) is 69.7 cm³/mol. The number of aliphatic hydroxyl groups excluding tert-OH is 2. The summed E-state index contributed by atoms with van der Waals surface area (Å²) in [4.78, 5) is 40.2. The van der Waals surface area contributed by atoms with Crippen molar-refractivity contribution in [1.29, 1.82) is 0 Å². The molecular weight excluding hydrogens is 304 g/mol. The normalized spacial score (nSPS) is 22.5. The van der Waals surface area contributed by atoms with Crippen molar-refractivity contribution in [2.24, 2.45) is 0 Å². The molecule has 1 aliphatic heterocycles. The molecule has 0 bridgehead atoms. The van der Waals surface area contributed by atoms with Gasteiger partial charge in [0, 0.05) is 0 Å². The summed E-state index contributed by atoms with van der Waals surface area (Å²) in [5, 5.41) is 31.5. The number of carbonyl (C=O) groups excluding carboxylic acids is 2. The highest BCUT2D eigenvalue weighted by molar-refractivity contribution is 5.86. The molecule has 10 nitrogen and oxygen atoms in total. The third-order valence-electron chi connectivity index (χ3n) is 1.96. The lowest BCUT2D eigenvalue weighted by Gasteiger charge is -2.22. The zero-order chi connectivity index (χ0) is 18.0. The van der Waals surface area contributed by atoms with Crippen LogP contribution in [-0.2, 0) is 28.7 Å². The van der Waals surface area contributed by atoms with Gasteiger partial charge in [-0.25, -0.2) is 19.2 Å². The van der Waals surface area contributed by atoms with E-state index in [1.165, 1.54) is 27.7 Å². The van der Waals surface area contributed by atoms with Crippen LogP contribution >= 0.6 is 0 Å². The summed E-state index contributed by atoms with van der Waals surface area (Å²) in [6.45, 7) is 5.35. The van der Waals surface area contributed by atoms with Gasteiger partial charge in [0.2, 0.25) is 0 Å². The third kappa shape index (κ3) is 10.6. The molecule has 1 aliphatic rings. The monoisotopic (exact) mass is 324 g/mol. The maximum atomic E-state index is 10.7. The van der Waals surface area contributed by atoms with Gasteiger partial charge in [0.25, 0.3) is 0 Å². The maximum Gasteiger partial charge on any atom is 0.347 e. The van der Waals surface area contributed by atoms with E-state index in [-0.39, 0.29) is 0 Å². The van der Waals surface area contributed by atoms with Gasteiger partial charge in [-0.1, -0.05) is 0 Å². The Morgan fingerprint density at radius 1 is 0.864 bits per heavy atom. The van der Waals surface area contributed by atoms with Gasteiger partial charge in [-0.3, -0.25) is 0 Å². The number of esters is 2. The largest absolute Gasteiger partial charge is 0.479 e. The summed E-state index contributed by atoms with van der Waals surface area (Å²) in [5.74, 6) is -3.33. The Labute approximate surface area is 126 Å². The van der Waals surface area contributed by atoms with Gasteiger partial charge in [-0.2, -0.15) is 0 Å². The molecule has 4 unspecified atom stereocenters. The number of aliphatic carboxylic acids is 2. The van der Waals surface area contributed by atoms with Crippen molar-refractivity contribution in [2.75, 3.05) is 0 Å². The second-order valence-corrected chi connectivity index (χ2v) is 4.19. The van der Waals surface area contributed by atoms with E-state index in [1.807, 2.05) is 0 Å². The van der Waals surface area contributed by atoms with E-state index in [0.29, 0.717) is 0 Å². The van der Waals surface area contributed by atoms with E-state index in [2.05, 4.69) is 9.47 Å². The highest BCUT2D eigenvalue weighted by Crippen LogP contribution is 2.08. The smallest absolute Gasteiger partial charge is 0.347 e. The molecule has 0 aromatic rings. The van der Waals surface area contributed by atoms with Crippen LogP contribution < -0.4 is 0 Å². The van der Waals surface area contributed by atoms with Crippen LogP contribution in [0.4, 0.5) is 0 Å². The molecule has 0 aromatic carbocycles. The van der Waals surface area contributed by atoms with E-state index in [1.54, 1.807) is 0 Å². The average molecular weight is 324 g/mol. The Hall–Kier alpha value is -2.20. The summed E-state index contributed by atoms with van der Waals surface area (Å²) in [6.07, 6.45) is -3.96. The van der Waals surface area contributed by atoms with Gasteiger partial charge >= 0.3 is 23.9 Å². The van der Waals surface area contributed by atoms with E-state index in [4.69, 9.17) is 20.4 Å². The van der Waals surface area contributed by atoms with Crippen LogP contribution in [0.2, 0.25) is 0 Å². The first-order valence-corrected chi connectivity index (χ1v) is 6.12. The Morgan fingerprint density at radius 2 is 1.05 bits per heavy atom. The topological polar surface area (TPSA) is 168 Å². The minimum Gasteiger partial charge on any atom is -0.479 e. The van der Waals surface area contributed by atoms with Crippen LogP contribution in [-0.4, -0.2) is 68.7 Å². The summed E-state index contributed by atoms with van der Waals surface area (Å²) < 4.78 is 9.19. The summed E-state index contributed by atoms with van der Waals surface area (Å²) >= 11 is 0. The number of aliphatic hydroxyl groups is 2. The van der Waals surface area contributed by atoms with Crippen molar-refractivity contribution in [2.45, 2.75) is 52.1 Å². The third-order valence-corrected chi connectivity index (χ3v) is 1.96. The lowest BCUT2D eigenvalue weighted by molar-refractivity contribution is -0.191. The first-order chi connectivity index (χ1) is 9.89. The van der Waals surface area contributed by atoms with Gasteiger partial charge in [0.05, 0.1) is 0 Å². The molecule has 0 aromatic heterocycles. The standard InChI is InChI=1S/C6H8O4.2C3H6O3/c1-3-5(7)10-4(2)6(8)9-3;2*1-2(4)3(5)6/h3-4H,1-2H3;2*2,4H,1H3,(H,5,6). The first-order valence-electron chi connectivity index (χ1n) is 6.12. The van der Waals surface area contributed by atoms with E-state index in [0.717, 1.165) is 0 Å². The minimum atomic E-state index is -1.23. The molecule has 4 N–H and O–H groups in total. The maximum absolute atomic E-state index is 10.7. The van der Waals surface area contributed by atoms with E-state index in [9.17, 15) is 19.2 Å². The predicted octanol–water partition coefficient (Wildman–Crippen LogP) is -1.23. The molecule has 4 atom stereocenters. The average Bonchev–Trinajstić information content (AvgIpc) is 2.37. The minimum absolute atomic E-state index is 0.480. The number of rotatable bonds is 2. The number of cyclic esters (lactones) is 2. The molecule has 128 valence electrons. The molecule has 0 spiro atoms. The number of carboxylic acid groups (broad SMARTS) is 2. The van der Waals surface area contributed by atoms with Crippen molar-refractivity contribution in [3.63, 3.8) is 0 Å². The second-order valence-electron chi connectivity index (χ2n) is 4.19. The molecule has 10 heteroatoms. The van der Waals surface area contributed by atoms with Crippen molar-refractivity contribution in [1.82, 2.24) is 0 Å². The van der Waals surface area contributed by atoms with Crippen LogP contribution in [0.15, 0.2) is 0 Å². The highest BCUT2D eigenvalue weighted by atomic mass is 16.6. The summed E-state index contributed by atoms with van der Waals surface area (Å²) in [5.41, 5.74) is 0. The fourth-order valence-electron chi connectivity index (χ4n) is 0.636. The lowest BCUT2D eigenvalue weighted by atomic mass is 10.3. The second kappa shape index (κ2) is 10.5. The zero-order valence-corrected chi connectivity index (χ0v) is 12.5. The van der Waals surface area contributed by atoms with Crippen molar-refractivity contribution < 1.29 is 49.1 Å². The Balaban J connectivity index is 0. The van der Waals surface area contributed by atoms with Crippen LogP contribution in [0.3, 0.4) is 0 Å². The molecule has 1 saturated heterocycles. The molecule has 0 saturated carbocycles. The van der Waals surface area contributed by atoms with Crippen LogP contribution in [0.25, 0.3) is 0 Å². The summed E-state index contributed by atoms with van der Waals surface area (Å²) in [6, 6.07) is 0. The molecule has 0 aliphatic carbocycles. The first kappa shape index (κ1) is 22.1. The van der Waals surface area contributed by atoms with Crippen molar-refractivity contribution in [3.8, 4) is 0 Å². The Kier molecular flexibility index (Phi) is 10.6.